The van der Waals surface area contributed by atoms with Gasteiger partial charge < -0.3 is 15.6 Å². The molecule has 0 amide bonds. The van der Waals surface area contributed by atoms with E-state index in [4.69, 9.17) is 4.99 Å². The van der Waals surface area contributed by atoms with Gasteiger partial charge in [0.1, 0.15) is 5.69 Å². The van der Waals surface area contributed by atoms with Crippen molar-refractivity contribution in [3.63, 3.8) is 0 Å². The lowest BCUT2D eigenvalue weighted by atomic mass is 10.0. The third-order valence-corrected chi connectivity index (χ3v) is 6.05. The van der Waals surface area contributed by atoms with Gasteiger partial charge in [0.25, 0.3) is 0 Å². The number of allylic oxidation sites excluding steroid dienone is 1. The molecule has 0 aliphatic carbocycles. The summed E-state index contributed by atoms with van der Waals surface area (Å²) in [6, 6.07) is 12.2. The van der Waals surface area contributed by atoms with Crippen LogP contribution in [0.2, 0.25) is 0 Å². The molecule has 3 rings (SSSR count). The number of H-pyrrole nitrogens is 1. The van der Waals surface area contributed by atoms with Crippen molar-refractivity contribution in [1.29, 1.82) is 0 Å². The number of guanidine groups is 1. The fraction of sp³-hybridized carbons (Fsp3) is 0.370. The third kappa shape index (κ3) is 6.93. The maximum atomic E-state index is 10.6. The smallest absolute Gasteiger partial charge is 0.218 e. The molecule has 35 heavy (non-hydrogen) atoms. The molecule has 8 heteroatoms. The second kappa shape index (κ2) is 12.7. The lowest BCUT2D eigenvalue weighted by Crippen LogP contribution is -2.40. The van der Waals surface area contributed by atoms with Crippen LogP contribution in [0.15, 0.2) is 76.1 Å². The van der Waals surface area contributed by atoms with Crippen molar-refractivity contribution in [3.8, 4) is 0 Å². The van der Waals surface area contributed by atoms with E-state index < -0.39 is 0 Å². The molecule has 2 aromatic heterocycles. The molecule has 2 unspecified atom stereocenters. The zero-order valence-electron chi connectivity index (χ0n) is 21.0. The third-order valence-electron chi connectivity index (χ3n) is 6.05. The number of para-hydroxylation sites is 1. The van der Waals surface area contributed by atoms with Gasteiger partial charge in [-0.25, -0.2) is 4.99 Å². The van der Waals surface area contributed by atoms with Crippen LogP contribution in [0.3, 0.4) is 0 Å². The highest BCUT2D eigenvalue weighted by molar-refractivity contribution is 6.21. The Bertz CT molecular complexity index is 1190. The lowest BCUT2D eigenvalue weighted by Gasteiger charge is -2.24. The monoisotopic (exact) mass is 473 g/mol. The van der Waals surface area contributed by atoms with Crippen LogP contribution < -0.4 is 10.6 Å². The van der Waals surface area contributed by atoms with E-state index in [9.17, 15) is 4.91 Å². The minimum atomic E-state index is 0.193. The Morgan fingerprint density at radius 2 is 1.91 bits per heavy atom. The number of benzene rings is 1. The molecule has 0 spiro atoms. The second-order valence-corrected chi connectivity index (χ2v) is 8.61. The van der Waals surface area contributed by atoms with E-state index in [2.05, 4.69) is 63.3 Å². The number of hydrogen-bond donors (Lipinski definition) is 3. The fourth-order valence-corrected chi connectivity index (χ4v) is 3.98. The van der Waals surface area contributed by atoms with Gasteiger partial charge in [-0.2, -0.15) is 0 Å². The van der Waals surface area contributed by atoms with E-state index in [0.717, 1.165) is 52.7 Å². The predicted molar refractivity (Wildman–Crippen MR) is 145 cm³/mol. The second-order valence-electron chi connectivity index (χ2n) is 8.61. The average Bonchev–Trinajstić information content (AvgIpc) is 3.31. The Hall–Kier alpha value is -3.65. The number of nitroso groups, excluding NO2 is 1. The first-order valence-electron chi connectivity index (χ1n) is 12.0. The number of aromatic nitrogens is 2. The molecule has 2 heterocycles. The molecule has 2 atom stereocenters. The number of hydrogen-bond acceptors (Lipinski definition) is 5. The van der Waals surface area contributed by atoms with Crippen molar-refractivity contribution in [3.05, 3.63) is 77.1 Å². The van der Waals surface area contributed by atoms with Crippen LogP contribution >= 0.6 is 0 Å². The number of nitrogens with zero attached hydrogens (tertiary/aromatic N) is 4. The summed E-state index contributed by atoms with van der Waals surface area (Å²) >= 11 is 0. The van der Waals surface area contributed by atoms with Gasteiger partial charge in [0.05, 0.1) is 17.6 Å². The van der Waals surface area contributed by atoms with Crippen molar-refractivity contribution in [2.75, 3.05) is 7.05 Å². The highest BCUT2D eigenvalue weighted by atomic mass is 16.3. The molecule has 0 saturated carbocycles. The Balaban J connectivity index is 1.70. The first-order chi connectivity index (χ1) is 17.0. The molecule has 3 aromatic rings. The minimum absolute atomic E-state index is 0.193. The highest BCUT2D eigenvalue weighted by Crippen LogP contribution is 2.21. The maximum absolute atomic E-state index is 10.6. The molecule has 3 N–H and O–H groups in total. The number of pyridine rings is 1. The summed E-state index contributed by atoms with van der Waals surface area (Å²) in [4.78, 5) is 27.5. The van der Waals surface area contributed by atoms with Crippen LogP contribution in [0, 0.1) is 4.91 Å². The summed E-state index contributed by atoms with van der Waals surface area (Å²) in [5.41, 5.74) is 4.98. The van der Waals surface area contributed by atoms with Crippen LogP contribution in [-0.2, 0) is 6.54 Å². The van der Waals surface area contributed by atoms with Crippen LogP contribution in [0.25, 0.3) is 10.9 Å². The Morgan fingerprint density at radius 1 is 1.14 bits per heavy atom. The molecular formula is C27H35N7O. The number of fused-ring (bicyclic) bond motifs is 1. The lowest BCUT2D eigenvalue weighted by molar-refractivity contribution is 0.401. The van der Waals surface area contributed by atoms with Gasteiger partial charge >= 0.3 is 0 Å². The van der Waals surface area contributed by atoms with Crippen LogP contribution in [0.5, 0.6) is 0 Å². The number of aromatic amines is 1. The van der Waals surface area contributed by atoms with Gasteiger partial charge in [-0.15, -0.1) is 4.91 Å². The van der Waals surface area contributed by atoms with Gasteiger partial charge in [0, 0.05) is 48.3 Å². The molecule has 184 valence electrons. The van der Waals surface area contributed by atoms with E-state index in [1.54, 1.807) is 13.1 Å². The van der Waals surface area contributed by atoms with E-state index in [1.807, 2.05) is 31.3 Å². The quantitative estimate of drug-likeness (QED) is 0.190. The average molecular weight is 474 g/mol. The van der Waals surface area contributed by atoms with E-state index in [1.165, 1.54) is 6.20 Å². The Labute approximate surface area is 207 Å². The maximum Gasteiger partial charge on any atom is 0.218 e. The molecule has 0 radical (unpaired) electrons. The van der Waals surface area contributed by atoms with Crippen molar-refractivity contribution in [1.82, 2.24) is 20.6 Å². The first-order valence-corrected chi connectivity index (χ1v) is 12.0. The van der Waals surface area contributed by atoms with E-state index in [-0.39, 0.29) is 12.1 Å². The zero-order chi connectivity index (χ0) is 25.2. The largest absolute Gasteiger partial charge is 0.360 e. The molecule has 0 aliphatic rings. The topological polar surface area (TPSA) is 107 Å². The minimum Gasteiger partial charge on any atom is -0.360 e. The fourth-order valence-electron chi connectivity index (χ4n) is 3.98. The summed E-state index contributed by atoms with van der Waals surface area (Å²) in [6.07, 6.45) is 6.29. The Morgan fingerprint density at radius 3 is 2.54 bits per heavy atom. The van der Waals surface area contributed by atoms with E-state index in [0.29, 0.717) is 18.2 Å². The van der Waals surface area contributed by atoms with Gasteiger partial charge in [0.2, 0.25) is 5.96 Å². The molecule has 8 nitrogen and oxygen atoms in total. The standard InChI is InChI=1S/C27H35N7O/c1-6-19(29-15-21-12-13-22(34-35)16-30-21)14-20(7-2)32-27(28-5)33-26(18(3)4)24-17-31-25-11-9-8-10-23(24)25/h8-13,16-17,19-20,29,31H,3,6-7,14-15H2,1-2,4-5H3,(H,28,32). The van der Waals surface area contributed by atoms with Gasteiger partial charge in [-0.3, -0.25) is 9.98 Å². The normalized spacial score (nSPS) is 14.1. The van der Waals surface area contributed by atoms with Crippen molar-refractivity contribution >= 4 is 28.3 Å². The molecule has 0 fully saturated rings. The molecule has 0 saturated heterocycles. The highest BCUT2D eigenvalue weighted by Gasteiger charge is 2.17. The summed E-state index contributed by atoms with van der Waals surface area (Å²) in [5, 5.41) is 11.1. The van der Waals surface area contributed by atoms with Gasteiger partial charge in [0.15, 0.2) is 0 Å². The van der Waals surface area contributed by atoms with Crippen molar-refractivity contribution in [2.24, 2.45) is 15.2 Å². The first kappa shape index (κ1) is 26.0. The zero-order valence-corrected chi connectivity index (χ0v) is 21.0. The van der Waals surface area contributed by atoms with E-state index >= 15 is 0 Å². The number of rotatable bonds is 11. The summed E-state index contributed by atoms with van der Waals surface area (Å²) in [6.45, 7) is 11.1. The number of aliphatic imine (C=N–C) groups is 2. The Kier molecular flexibility index (Phi) is 9.43. The number of nitrogens with one attached hydrogen (secondary N) is 3. The van der Waals surface area contributed by atoms with Crippen molar-refractivity contribution < 1.29 is 0 Å². The summed E-state index contributed by atoms with van der Waals surface area (Å²) in [5.74, 6) is 0.591. The molecule has 0 bridgehead atoms. The van der Waals surface area contributed by atoms with Crippen LogP contribution in [0.1, 0.15) is 51.3 Å². The van der Waals surface area contributed by atoms with Crippen molar-refractivity contribution in [2.45, 2.75) is 58.7 Å². The molecule has 1 aromatic carbocycles. The summed E-state index contributed by atoms with van der Waals surface area (Å²) in [7, 11) is 1.75. The SMILES string of the molecule is C=C(C)C(=NC(=NC)NC(CC)CC(CC)NCc1ccc(N=O)cn1)c1c[nH]c2ccccc12. The summed E-state index contributed by atoms with van der Waals surface area (Å²) < 4.78 is 0. The van der Waals surface area contributed by atoms with Gasteiger partial charge in [-0.05, 0) is 55.1 Å². The predicted octanol–water partition coefficient (Wildman–Crippen LogP) is 5.64. The van der Waals surface area contributed by atoms with Crippen LogP contribution in [-0.4, -0.2) is 40.8 Å². The molecule has 0 aliphatic heterocycles. The van der Waals surface area contributed by atoms with Crippen LogP contribution in [0.4, 0.5) is 5.69 Å². The van der Waals surface area contributed by atoms with Gasteiger partial charge in [-0.1, -0.05) is 38.6 Å². The molecular weight excluding hydrogens is 438 g/mol.